The molecule has 18 heteroatoms. The molecule has 0 amide bonds. The summed E-state index contributed by atoms with van der Waals surface area (Å²) in [5, 5.41) is 0. The Morgan fingerprint density at radius 1 is 0.0972 bits per heavy atom. The molecule has 0 saturated heterocycles. The van der Waals surface area contributed by atoms with Crippen molar-refractivity contribution >= 4 is 0 Å². The van der Waals surface area contributed by atoms with Gasteiger partial charge in [0.05, 0.1) is 5.69 Å². The van der Waals surface area contributed by atoms with Crippen LogP contribution in [0.3, 0.4) is 0 Å². The Bertz CT molecular complexity index is 7680. The lowest BCUT2D eigenvalue weighted by Crippen LogP contribution is -2.00. The number of nitrogens with zero attached hydrogens (tertiary/aromatic N) is 18. The van der Waals surface area contributed by atoms with Crippen molar-refractivity contribution in [3.05, 3.63) is 523 Å². The lowest BCUT2D eigenvalue weighted by atomic mass is 10.0. The molecule has 0 aliphatic carbocycles. The second-order valence-corrected chi connectivity index (χ2v) is 33.4. The van der Waals surface area contributed by atoms with Gasteiger partial charge in [-0.25, -0.2) is 79.7 Å². The van der Waals surface area contributed by atoms with E-state index in [0.717, 1.165) is 123 Å². The van der Waals surface area contributed by atoms with Crippen LogP contribution in [0.4, 0.5) is 0 Å². The minimum atomic E-state index is 0.601. The van der Waals surface area contributed by atoms with E-state index in [1.807, 2.05) is 310 Å². The van der Waals surface area contributed by atoms with Crippen LogP contribution in [0.25, 0.3) is 226 Å². The third kappa shape index (κ3) is 22.2. The number of rotatable bonds is 20. The summed E-state index contributed by atoms with van der Waals surface area (Å²) in [4.78, 5) is 84.4. The fraction of sp³-hybridized carbons (Fsp3) is 0. The van der Waals surface area contributed by atoms with Gasteiger partial charge in [0.25, 0.3) is 0 Å². The van der Waals surface area contributed by atoms with E-state index in [0.29, 0.717) is 81.5 Å². The zero-order chi connectivity index (χ0) is 96.6. The molecule has 144 heavy (non-hydrogen) atoms. The Kier molecular flexibility index (Phi) is 27.7. The van der Waals surface area contributed by atoms with Gasteiger partial charge in [0.1, 0.15) is 0 Å². The second kappa shape index (κ2) is 44.0. The monoisotopic (exact) mass is 1850 g/mol. The highest BCUT2D eigenvalue weighted by Crippen LogP contribution is 2.37. The molecule has 0 N–H and O–H groups in total. The molecule has 0 bridgehead atoms. The van der Waals surface area contributed by atoms with Crippen molar-refractivity contribution in [2.24, 2.45) is 0 Å². The van der Waals surface area contributed by atoms with Crippen molar-refractivity contribution in [3.8, 4) is 226 Å². The van der Waals surface area contributed by atoms with E-state index in [2.05, 4.69) is 200 Å². The van der Waals surface area contributed by atoms with E-state index >= 15 is 0 Å². The Balaban J connectivity index is 0.000000113. The van der Waals surface area contributed by atoms with E-state index in [-0.39, 0.29) is 0 Å². The van der Waals surface area contributed by atoms with Crippen molar-refractivity contribution < 1.29 is 0 Å². The molecule has 24 rings (SSSR count). The molecule has 0 aliphatic heterocycles. The van der Waals surface area contributed by atoms with Crippen LogP contribution < -0.4 is 0 Å². The minimum absolute atomic E-state index is 0.601. The van der Waals surface area contributed by atoms with Crippen molar-refractivity contribution in [1.29, 1.82) is 0 Å². The molecule has 8 aromatic heterocycles. The van der Waals surface area contributed by atoms with Crippen LogP contribution >= 0.6 is 0 Å². The molecule has 0 unspecified atom stereocenters. The molecule has 18 nitrogen and oxygen atoms in total. The van der Waals surface area contributed by atoms with Gasteiger partial charge in [-0.2, -0.15) is 0 Å². The quantitative estimate of drug-likeness (QED) is 0.0690. The Morgan fingerprint density at radius 2 is 0.278 bits per heavy atom. The molecule has 0 spiro atoms. The molecule has 16 aromatic carbocycles. The number of benzene rings is 16. The zero-order valence-electron chi connectivity index (χ0n) is 77.7. The summed E-state index contributed by atoms with van der Waals surface area (Å²) < 4.78 is 0. The molecule has 0 radical (unpaired) electrons. The van der Waals surface area contributed by atoms with E-state index in [9.17, 15) is 0 Å². The van der Waals surface area contributed by atoms with Gasteiger partial charge in [0.2, 0.25) is 0 Å². The summed E-state index contributed by atoms with van der Waals surface area (Å²) in [6, 6.07) is 161. The molecule has 8 heterocycles. The first-order valence-corrected chi connectivity index (χ1v) is 47.0. The van der Waals surface area contributed by atoms with Crippen LogP contribution in [0.1, 0.15) is 0 Å². The van der Waals surface area contributed by atoms with Crippen LogP contribution in [0, 0.1) is 0 Å². The molecular formula is C126H86N18. The molecule has 24 aromatic rings. The van der Waals surface area contributed by atoms with Crippen molar-refractivity contribution in [2.75, 3.05) is 0 Å². The highest BCUT2D eigenvalue weighted by atomic mass is 15.1. The summed E-state index contributed by atoms with van der Waals surface area (Å²) in [6.07, 6.45) is 12.4. The Labute approximate surface area is 833 Å². The van der Waals surface area contributed by atoms with Gasteiger partial charge < -0.3 is 0 Å². The van der Waals surface area contributed by atoms with Gasteiger partial charge in [-0.15, -0.1) is 0 Å². The summed E-state index contributed by atoms with van der Waals surface area (Å²) in [7, 11) is 0. The normalized spacial score (nSPS) is 10.8. The third-order valence-corrected chi connectivity index (χ3v) is 23.8. The predicted molar refractivity (Wildman–Crippen MR) is 575 cm³/mol. The fourth-order valence-corrected chi connectivity index (χ4v) is 16.4. The first-order chi connectivity index (χ1) is 71.3. The number of hydrogen-bond acceptors (Lipinski definition) is 18. The number of hydrogen-bond donors (Lipinski definition) is 0. The minimum Gasteiger partial charge on any atom is -0.264 e. The zero-order valence-corrected chi connectivity index (χ0v) is 77.7. The fourth-order valence-electron chi connectivity index (χ4n) is 16.4. The van der Waals surface area contributed by atoms with Crippen LogP contribution in [-0.4, -0.2) is 89.7 Å². The highest BCUT2D eigenvalue weighted by Gasteiger charge is 2.21. The van der Waals surface area contributed by atoms with E-state index in [4.69, 9.17) is 59.8 Å². The molecule has 0 atom stereocenters. The summed E-state index contributed by atoms with van der Waals surface area (Å²) in [5.41, 5.74) is 26.3. The smallest absolute Gasteiger partial charge is 0.164 e. The average molecular weight is 1850 g/mol. The van der Waals surface area contributed by atoms with Crippen LogP contribution in [0.2, 0.25) is 0 Å². The maximum Gasteiger partial charge on any atom is 0.164 e. The van der Waals surface area contributed by atoms with Gasteiger partial charge in [-0.3, -0.25) is 9.97 Å². The molecule has 0 aliphatic rings. The van der Waals surface area contributed by atoms with Crippen molar-refractivity contribution in [2.45, 2.75) is 0 Å². The lowest BCUT2D eigenvalue weighted by Gasteiger charge is -2.10. The van der Waals surface area contributed by atoms with Gasteiger partial charge in [-0.1, -0.05) is 431 Å². The number of pyridine rings is 2. The first-order valence-electron chi connectivity index (χ1n) is 47.0. The average Bonchev–Trinajstić information content (AvgIpc) is 0.801. The van der Waals surface area contributed by atoms with Gasteiger partial charge in [-0.05, 0) is 98.6 Å². The SMILES string of the molecule is c1ccc(-c2ccc(-c3nc(-c4ccccc4)nc(-c4ccc(-c5ncccn5)cc4)n3)cc2)cc1.c1ccc(-c2ccc(-c3nc(-c4ccccc4)nc(-c4cccc(-c5ccccn5)c4)n3)cc2)cc1.c1ccc(-c2ccc(-c3nc(-c4ccccc4)nc(-c4cccc(-c5cccnc5)c4)n3)cc2)cc1.c1ccc(-c2ccc(-c3nc(-c4ccccc4)nc(-c4cccc(-c5ncccn5)c4)n3)cc2)cc1. The van der Waals surface area contributed by atoms with E-state index in [1.54, 1.807) is 43.2 Å². The van der Waals surface area contributed by atoms with E-state index < -0.39 is 0 Å². The molecule has 680 valence electrons. The maximum absolute atomic E-state index is 4.90. The second-order valence-electron chi connectivity index (χ2n) is 33.4. The molecule has 0 saturated carbocycles. The highest BCUT2D eigenvalue weighted by molar-refractivity contribution is 5.80. The molecule has 0 fully saturated rings. The van der Waals surface area contributed by atoms with Gasteiger partial charge in [0.15, 0.2) is 81.5 Å². The lowest BCUT2D eigenvalue weighted by molar-refractivity contribution is 1.07. The van der Waals surface area contributed by atoms with Crippen LogP contribution in [0.15, 0.2) is 523 Å². The van der Waals surface area contributed by atoms with Crippen LogP contribution in [-0.2, 0) is 0 Å². The van der Waals surface area contributed by atoms with Crippen molar-refractivity contribution in [1.82, 2.24) is 89.7 Å². The van der Waals surface area contributed by atoms with Gasteiger partial charge in [0, 0.05) is 132 Å². The maximum atomic E-state index is 4.90. The first kappa shape index (κ1) is 90.5. The summed E-state index contributed by atoms with van der Waals surface area (Å²) in [6.45, 7) is 0. The van der Waals surface area contributed by atoms with Crippen molar-refractivity contribution in [3.63, 3.8) is 0 Å². The standard InChI is InChI=1S/2C32H22N4.2C31H21N5/c1-3-9-23(10-4-1)24-16-18-26(19-17-24)31-34-30(25-11-5-2-6-12-25)35-32(36-31)28-14-7-13-27(21-28)29-15-8-20-33-22-29;1-3-10-23(11-4-1)24-17-19-26(20-18-24)31-34-30(25-12-5-2-6-13-25)35-32(36-31)28-15-9-14-27(22-28)29-16-7-8-21-33-29;1-3-9-22(10-4-1)23-15-17-25(18-16-23)30-34-29(24-11-5-2-6-12-24)35-31(36-30)27-14-7-13-26(21-27)28-32-19-8-20-33-28;1-3-8-22(9-4-1)23-12-14-26(15-13-23)30-34-29(24-10-5-2-6-11-24)35-31(36-30)27-18-16-25(17-19-27)28-32-20-7-21-33-28/h2*1-22H;2*1-21H. The Hall–Kier alpha value is -20.0. The Morgan fingerprint density at radius 3 is 0.542 bits per heavy atom. The topological polar surface area (TPSA) is 232 Å². The van der Waals surface area contributed by atoms with E-state index in [1.165, 1.54) is 22.3 Å². The van der Waals surface area contributed by atoms with Crippen LogP contribution in [0.5, 0.6) is 0 Å². The summed E-state index contributed by atoms with van der Waals surface area (Å²) in [5.74, 6) is 8.93. The molecular weight excluding hydrogens is 1770 g/mol. The van der Waals surface area contributed by atoms with Gasteiger partial charge >= 0.3 is 0 Å². The number of aromatic nitrogens is 18. The third-order valence-electron chi connectivity index (χ3n) is 23.8. The largest absolute Gasteiger partial charge is 0.264 e. The predicted octanol–water partition coefficient (Wildman–Crippen LogP) is 29.2. The summed E-state index contributed by atoms with van der Waals surface area (Å²) >= 11 is 0.